The fraction of sp³-hybridized carbons (Fsp3) is 0.0270. The first-order chi connectivity index (χ1) is 20.3. The molecule has 0 atom stereocenters. The van der Waals surface area contributed by atoms with Crippen molar-refractivity contribution >= 4 is 29.0 Å². The summed E-state index contributed by atoms with van der Waals surface area (Å²) in [6.45, 7) is 2.20. The van der Waals surface area contributed by atoms with E-state index in [-0.39, 0.29) is 0 Å². The van der Waals surface area contributed by atoms with Crippen LogP contribution in [0.1, 0.15) is 5.69 Å². The van der Waals surface area contributed by atoms with Gasteiger partial charge in [0.2, 0.25) is 8.07 Å². The van der Waals surface area contributed by atoms with Crippen molar-refractivity contribution in [3.63, 3.8) is 0 Å². The largest absolute Gasteiger partial charge is 0.464 e. The molecule has 0 saturated carbocycles. The molecule has 0 fully saturated rings. The number of nitrogens with zero attached hydrogens (tertiary/aromatic N) is 1. The van der Waals surface area contributed by atoms with E-state index in [4.69, 9.17) is 8.83 Å². The third kappa shape index (κ3) is 4.03. The van der Waals surface area contributed by atoms with Crippen molar-refractivity contribution < 1.29 is 8.83 Å². The number of benzene rings is 4. The Morgan fingerprint density at radius 3 is 1.29 bits per heavy atom. The maximum atomic E-state index is 6.27. The summed E-state index contributed by atoms with van der Waals surface area (Å²) in [5.41, 5.74) is 4.32. The minimum Gasteiger partial charge on any atom is -0.464 e. The van der Waals surface area contributed by atoms with Crippen LogP contribution in [0.3, 0.4) is 0 Å². The lowest BCUT2D eigenvalue weighted by molar-refractivity contribution is 0.576. The molecule has 3 aromatic heterocycles. The second kappa shape index (κ2) is 10.5. The van der Waals surface area contributed by atoms with Gasteiger partial charge in [0.25, 0.3) is 0 Å². The van der Waals surface area contributed by atoms with E-state index < -0.39 is 8.07 Å². The van der Waals surface area contributed by atoms with Gasteiger partial charge in [0.1, 0.15) is 11.5 Å². The Balaban J connectivity index is 1.77. The van der Waals surface area contributed by atoms with E-state index >= 15 is 0 Å². The summed E-state index contributed by atoms with van der Waals surface area (Å²) in [6.07, 6.45) is 3.51. The first-order valence-electron chi connectivity index (χ1n) is 13.9. The van der Waals surface area contributed by atoms with E-state index in [0.717, 1.165) is 34.0 Å². The van der Waals surface area contributed by atoms with Crippen LogP contribution in [0.4, 0.5) is 0 Å². The van der Waals surface area contributed by atoms with Gasteiger partial charge in [0.05, 0.1) is 12.5 Å². The Morgan fingerprint density at radius 2 is 0.878 bits per heavy atom. The molecule has 0 aliphatic rings. The van der Waals surface area contributed by atoms with Crippen molar-refractivity contribution in [3.8, 4) is 28.3 Å². The monoisotopic (exact) mass is 547 g/mol. The molecule has 0 spiro atoms. The van der Waals surface area contributed by atoms with E-state index in [1.54, 1.807) is 12.5 Å². The number of furan rings is 2. The van der Waals surface area contributed by atoms with Crippen LogP contribution >= 0.6 is 0 Å². The molecule has 0 aliphatic carbocycles. The molecule has 198 valence electrons. The van der Waals surface area contributed by atoms with Gasteiger partial charge in [-0.15, -0.1) is 0 Å². The number of aromatic nitrogens is 1. The molecule has 3 heterocycles. The molecular weight excluding hydrogens is 518 g/mol. The van der Waals surface area contributed by atoms with E-state index in [9.17, 15) is 0 Å². The standard InChI is InChI=1S/C37H29NO2Si/c1-28-35(33-24-14-26-39-33)36(34-25-15-27-40-34)37(38(28)29-16-6-2-7-17-29)41(30-18-8-3-9-19-30,31-20-10-4-11-21-31)32-22-12-5-13-23-32/h2-27H,1H3. The van der Waals surface area contributed by atoms with Gasteiger partial charge < -0.3 is 13.4 Å². The van der Waals surface area contributed by atoms with Crippen molar-refractivity contribution in [2.24, 2.45) is 0 Å². The Labute approximate surface area is 241 Å². The third-order valence-corrected chi connectivity index (χ3v) is 12.7. The topological polar surface area (TPSA) is 31.2 Å². The number of rotatable bonds is 7. The molecule has 0 bridgehead atoms. The Kier molecular flexibility index (Phi) is 6.38. The third-order valence-electron chi connectivity index (χ3n) is 7.93. The van der Waals surface area contributed by atoms with Crippen LogP contribution in [0.5, 0.6) is 0 Å². The van der Waals surface area contributed by atoms with E-state index in [1.807, 2.05) is 18.2 Å². The second-order valence-corrected chi connectivity index (χ2v) is 13.9. The van der Waals surface area contributed by atoms with Crippen LogP contribution in [0.15, 0.2) is 167 Å². The second-order valence-electron chi connectivity index (χ2n) is 10.2. The van der Waals surface area contributed by atoms with Gasteiger partial charge >= 0.3 is 0 Å². The van der Waals surface area contributed by atoms with Gasteiger partial charge in [-0.2, -0.15) is 0 Å². The molecule has 4 aromatic carbocycles. The maximum absolute atomic E-state index is 6.27. The SMILES string of the molecule is Cc1c(-c2ccco2)c(-c2ccco2)c([Si](c2ccccc2)(c2ccccc2)c2ccccc2)n1-c1ccccc1. The molecule has 0 aliphatic heterocycles. The zero-order chi connectivity index (χ0) is 27.6. The van der Waals surface area contributed by atoms with Crippen molar-refractivity contribution in [1.29, 1.82) is 0 Å². The molecule has 3 nitrogen and oxygen atoms in total. The van der Waals surface area contributed by atoms with Crippen molar-refractivity contribution in [1.82, 2.24) is 4.57 Å². The van der Waals surface area contributed by atoms with Crippen molar-refractivity contribution in [3.05, 3.63) is 164 Å². The van der Waals surface area contributed by atoms with Crippen LogP contribution in [0.2, 0.25) is 0 Å². The van der Waals surface area contributed by atoms with Gasteiger partial charge in [0, 0.05) is 27.8 Å². The van der Waals surface area contributed by atoms with Crippen molar-refractivity contribution in [2.75, 3.05) is 0 Å². The molecule has 41 heavy (non-hydrogen) atoms. The zero-order valence-corrected chi connectivity index (χ0v) is 23.8. The molecule has 0 saturated heterocycles. The van der Waals surface area contributed by atoms with Gasteiger partial charge in [-0.1, -0.05) is 109 Å². The van der Waals surface area contributed by atoms with Crippen LogP contribution in [-0.4, -0.2) is 12.6 Å². The Bertz CT molecular complexity index is 1760. The zero-order valence-electron chi connectivity index (χ0n) is 22.8. The van der Waals surface area contributed by atoms with Crippen molar-refractivity contribution in [2.45, 2.75) is 6.92 Å². The first-order valence-corrected chi connectivity index (χ1v) is 15.9. The van der Waals surface area contributed by atoms with Crippen LogP contribution in [-0.2, 0) is 0 Å². The molecule has 4 heteroatoms. The highest BCUT2D eigenvalue weighted by atomic mass is 28.3. The van der Waals surface area contributed by atoms with Gasteiger partial charge in [-0.3, -0.25) is 0 Å². The van der Waals surface area contributed by atoms with Gasteiger partial charge in [-0.05, 0) is 58.9 Å². The van der Waals surface area contributed by atoms with Gasteiger partial charge in [-0.25, -0.2) is 0 Å². The normalized spacial score (nSPS) is 11.5. The smallest absolute Gasteiger partial charge is 0.200 e. The van der Waals surface area contributed by atoms with E-state index in [1.165, 1.54) is 20.9 Å². The Morgan fingerprint density at radius 1 is 0.463 bits per heavy atom. The molecule has 0 amide bonds. The summed E-state index contributed by atoms with van der Waals surface area (Å²) in [5.74, 6) is 1.64. The van der Waals surface area contributed by atoms with Crippen LogP contribution in [0, 0.1) is 6.92 Å². The van der Waals surface area contributed by atoms with Gasteiger partial charge in [0.15, 0.2) is 0 Å². The highest BCUT2D eigenvalue weighted by Crippen LogP contribution is 2.38. The minimum absolute atomic E-state index is 0.821. The number of hydrogen-bond donors (Lipinski definition) is 0. The lowest BCUT2D eigenvalue weighted by atomic mass is 10.1. The van der Waals surface area contributed by atoms with Crippen LogP contribution < -0.4 is 20.9 Å². The quantitative estimate of drug-likeness (QED) is 0.165. The summed E-state index contributed by atoms with van der Waals surface area (Å²) in [7, 11) is -2.99. The minimum atomic E-state index is -2.99. The summed E-state index contributed by atoms with van der Waals surface area (Å²) in [4.78, 5) is 0. The lowest BCUT2D eigenvalue weighted by Crippen LogP contribution is -2.76. The maximum Gasteiger partial charge on any atom is 0.200 e. The molecule has 7 aromatic rings. The summed E-state index contributed by atoms with van der Waals surface area (Å²) in [5, 5.41) is 5.12. The predicted molar refractivity (Wildman–Crippen MR) is 170 cm³/mol. The Hall–Kier alpha value is -5.06. The molecule has 0 N–H and O–H groups in total. The highest BCUT2D eigenvalue weighted by molar-refractivity contribution is 7.20. The molecule has 0 radical (unpaired) electrons. The molecule has 0 unspecified atom stereocenters. The first kappa shape index (κ1) is 24.9. The average Bonchev–Trinajstić information content (AvgIpc) is 3.81. The highest BCUT2D eigenvalue weighted by Gasteiger charge is 2.48. The summed E-state index contributed by atoms with van der Waals surface area (Å²) in [6, 6.07) is 51.7. The molecule has 7 rings (SSSR count). The lowest BCUT2D eigenvalue weighted by Gasteiger charge is -2.36. The van der Waals surface area contributed by atoms with E-state index in [2.05, 4.69) is 139 Å². The number of para-hydroxylation sites is 1. The summed E-state index contributed by atoms with van der Waals surface area (Å²) < 4.78 is 14.9. The molecular formula is C37H29NO2Si. The van der Waals surface area contributed by atoms with E-state index in [0.29, 0.717) is 0 Å². The average molecular weight is 548 g/mol. The van der Waals surface area contributed by atoms with Crippen LogP contribution in [0.25, 0.3) is 28.3 Å². The summed E-state index contributed by atoms with van der Waals surface area (Å²) >= 11 is 0. The predicted octanol–water partition coefficient (Wildman–Crippen LogP) is 6.68. The number of hydrogen-bond acceptors (Lipinski definition) is 2. The fourth-order valence-electron chi connectivity index (χ4n) is 6.30. The fourth-order valence-corrected chi connectivity index (χ4v) is 11.5.